The van der Waals surface area contributed by atoms with Gasteiger partial charge in [-0.1, -0.05) is 13.8 Å². The van der Waals surface area contributed by atoms with Crippen LogP contribution in [-0.4, -0.2) is 270 Å². The maximum Gasteiger partial charge on any atom is 0.217 e. The molecule has 402 valence electrons. The summed E-state index contributed by atoms with van der Waals surface area (Å²) in [5, 5.41) is 144. The van der Waals surface area contributed by atoms with Gasteiger partial charge in [-0.2, -0.15) is 0 Å². The Morgan fingerprint density at radius 1 is 0.435 bits per heavy atom. The van der Waals surface area contributed by atoms with Gasteiger partial charge < -0.3 is 129 Å². The lowest BCUT2D eigenvalue weighted by Gasteiger charge is -2.52. The van der Waals surface area contributed by atoms with Crippen LogP contribution in [0.1, 0.15) is 54.9 Å². The summed E-state index contributed by atoms with van der Waals surface area (Å²) in [5.74, 6) is -1.74. The molecule has 6 aliphatic rings. The molecule has 12 unspecified atom stereocenters. The Hall–Kier alpha value is -1.53. The Bertz CT molecular complexity index is 1610. The van der Waals surface area contributed by atoms with Gasteiger partial charge in [0.2, 0.25) is 5.91 Å². The van der Waals surface area contributed by atoms with Gasteiger partial charge in [0.05, 0.1) is 43.7 Å². The zero-order chi connectivity index (χ0) is 50.9. The first-order valence-corrected chi connectivity index (χ1v) is 23.3. The first-order valence-electron chi connectivity index (χ1n) is 23.3. The van der Waals surface area contributed by atoms with Crippen LogP contribution in [0.5, 0.6) is 0 Å². The monoisotopic (exact) mass is 1010 g/mol. The van der Waals surface area contributed by atoms with Crippen molar-refractivity contribution in [3.05, 3.63) is 0 Å². The molecule has 0 aromatic carbocycles. The molecule has 0 spiro atoms. The number of carbonyl (C=O) groups is 1. The highest BCUT2D eigenvalue weighted by Crippen LogP contribution is 2.39. The highest BCUT2D eigenvalue weighted by Gasteiger charge is 2.58. The molecular weight excluding hydrogens is 934 g/mol. The summed E-state index contributed by atoms with van der Waals surface area (Å²) in [5.41, 5.74) is 0. The number of carbonyl (C=O) groups excluding carboxylic acids is 1. The summed E-state index contributed by atoms with van der Waals surface area (Å²) in [7, 11) is 0. The van der Waals surface area contributed by atoms with E-state index in [4.69, 9.17) is 56.8 Å². The highest BCUT2D eigenvalue weighted by molar-refractivity contribution is 5.73. The predicted octanol–water partition coefficient (Wildman–Crippen LogP) is -7.14. The van der Waals surface area contributed by atoms with Crippen LogP contribution in [0.2, 0.25) is 0 Å². The minimum absolute atomic E-state index is 0.112. The largest absolute Gasteiger partial charge is 0.394 e. The van der Waals surface area contributed by atoms with Gasteiger partial charge in [-0.3, -0.25) is 4.79 Å². The van der Waals surface area contributed by atoms with Crippen molar-refractivity contribution in [1.29, 1.82) is 0 Å². The zero-order valence-corrected chi connectivity index (χ0v) is 39.3. The van der Waals surface area contributed by atoms with Crippen LogP contribution < -0.4 is 5.32 Å². The number of aliphatic hydroxyl groups excluding tert-OH is 13. The Kier molecular flexibility index (Phi) is 19.9. The quantitative estimate of drug-likeness (QED) is 0.0683. The van der Waals surface area contributed by atoms with Gasteiger partial charge >= 0.3 is 0 Å². The molecule has 1 amide bonds. The van der Waals surface area contributed by atoms with Crippen LogP contribution in [0, 0.1) is 5.92 Å². The van der Waals surface area contributed by atoms with Crippen LogP contribution in [0.15, 0.2) is 0 Å². The maximum absolute atomic E-state index is 13.0. The van der Waals surface area contributed by atoms with Gasteiger partial charge in [0.15, 0.2) is 37.7 Å². The third-order valence-electron chi connectivity index (χ3n) is 13.5. The predicted molar refractivity (Wildman–Crippen MR) is 222 cm³/mol. The van der Waals surface area contributed by atoms with Crippen molar-refractivity contribution in [2.75, 3.05) is 19.8 Å². The van der Waals surface area contributed by atoms with Crippen molar-refractivity contribution < 1.29 is 128 Å². The third-order valence-corrected chi connectivity index (χ3v) is 13.5. The highest BCUT2D eigenvalue weighted by atomic mass is 16.8. The Labute approximate surface area is 397 Å². The SMILES string of the molecule is CCCO[C@@H]1OC(C)[C@H](O)[C@@H](O)C1O[C@@H]1OC(C)[C@H](O)[C@@H](O[C@H]2O[C@H](CO)[C@@H](O)C(O)C2O)C1O[C@@H]1OC(CO)[C@H](O)C(O[C@@H]2OC(C)[C@H](O)[C@@H](O[C@@H]3OC(C)[C@H](O)[C@@H](O)C3O)C2C)[C@H]1NC(C)=O. The van der Waals surface area contributed by atoms with Gasteiger partial charge in [0.1, 0.15) is 110 Å². The minimum atomic E-state index is -2.01. The standard InChI is InChI=1S/C42H73NO26/c1-8-9-58-41-35(29(55)22(48)14(4)61-41)68-42-36(34(24(50)16(6)62-42)67-40-31(57)28(54)25(51)18(10-44)64-40)69-38-20(43-17(7)46)33(26(52)19(11-45)63-38)66-37-12(2)32(23(49)15(5)59-37)65-39-30(56)27(53)21(47)13(3)60-39/h12-16,18-42,44-45,47-57H,8-11H2,1-7H3,(H,43,46)/t12?,13?,14?,15?,16?,18-,19?,20-,21+,22+,23+,24+,25-,26+,27-,28?,29-,30?,31?,32+,33?,34-,35?,36?,37+,38+,39+,40-,41-,42+/m1/s1. The van der Waals surface area contributed by atoms with Crippen molar-refractivity contribution in [1.82, 2.24) is 5.32 Å². The first-order chi connectivity index (χ1) is 32.5. The summed E-state index contributed by atoms with van der Waals surface area (Å²) < 4.78 is 72.6. The second-order valence-electron chi connectivity index (χ2n) is 18.6. The van der Waals surface area contributed by atoms with E-state index in [1.165, 1.54) is 34.6 Å². The molecule has 27 heteroatoms. The maximum atomic E-state index is 13.0. The summed E-state index contributed by atoms with van der Waals surface area (Å²) in [6.45, 7) is 8.60. The molecule has 69 heavy (non-hydrogen) atoms. The lowest BCUT2D eigenvalue weighted by Crippen LogP contribution is -2.70. The van der Waals surface area contributed by atoms with E-state index in [0.717, 1.165) is 6.92 Å². The summed E-state index contributed by atoms with van der Waals surface area (Å²) in [6, 6.07) is -1.60. The molecule has 6 saturated heterocycles. The molecule has 27 nitrogen and oxygen atoms in total. The fourth-order valence-corrected chi connectivity index (χ4v) is 9.23. The molecule has 30 atom stereocenters. The third kappa shape index (κ3) is 12.2. The fourth-order valence-electron chi connectivity index (χ4n) is 9.23. The average molecular weight is 1010 g/mol. The van der Waals surface area contributed by atoms with E-state index in [9.17, 15) is 71.2 Å². The summed E-state index contributed by atoms with van der Waals surface area (Å²) in [6.07, 6.45) is -43.6. The second-order valence-corrected chi connectivity index (χ2v) is 18.6. The number of amides is 1. The molecule has 0 radical (unpaired) electrons. The Morgan fingerprint density at radius 3 is 1.46 bits per heavy atom. The smallest absolute Gasteiger partial charge is 0.217 e. The number of hydrogen-bond acceptors (Lipinski definition) is 26. The van der Waals surface area contributed by atoms with E-state index < -0.39 is 203 Å². The van der Waals surface area contributed by atoms with Gasteiger partial charge in [0.25, 0.3) is 0 Å². The van der Waals surface area contributed by atoms with Crippen LogP contribution in [0.3, 0.4) is 0 Å². The number of ether oxygens (including phenoxy) is 12. The Balaban J connectivity index is 1.35. The van der Waals surface area contributed by atoms with E-state index in [2.05, 4.69) is 5.32 Å². The second kappa shape index (κ2) is 24.2. The van der Waals surface area contributed by atoms with Crippen molar-refractivity contribution in [3.63, 3.8) is 0 Å². The van der Waals surface area contributed by atoms with E-state index in [0.29, 0.717) is 6.42 Å². The zero-order valence-electron chi connectivity index (χ0n) is 39.3. The van der Waals surface area contributed by atoms with Crippen molar-refractivity contribution in [3.8, 4) is 0 Å². The van der Waals surface area contributed by atoms with Gasteiger partial charge in [-0.15, -0.1) is 0 Å². The fraction of sp³-hybridized carbons (Fsp3) is 0.976. The molecule has 14 N–H and O–H groups in total. The molecule has 6 aliphatic heterocycles. The van der Waals surface area contributed by atoms with E-state index in [1.807, 2.05) is 6.92 Å². The van der Waals surface area contributed by atoms with Crippen LogP contribution >= 0.6 is 0 Å². The Morgan fingerprint density at radius 2 is 0.870 bits per heavy atom. The van der Waals surface area contributed by atoms with E-state index in [1.54, 1.807) is 0 Å². The number of hydrogen-bond donors (Lipinski definition) is 14. The van der Waals surface area contributed by atoms with Crippen molar-refractivity contribution in [2.24, 2.45) is 5.92 Å². The first kappa shape index (κ1) is 56.8. The molecule has 0 aliphatic carbocycles. The molecule has 6 fully saturated rings. The number of nitrogens with one attached hydrogen (secondary N) is 1. The van der Waals surface area contributed by atoms with Crippen LogP contribution in [0.4, 0.5) is 0 Å². The summed E-state index contributed by atoms with van der Waals surface area (Å²) in [4.78, 5) is 13.0. The molecule has 0 aromatic rings. The lowest BCUT2D eigenvalue weighted by atomic mass is 9.91. The van der Waals surface area contributed by atoms with E-state index >= 15 is 0 Å². The number of aliphatic hydroxyl groups is 13. The van der Waals surface area contributed by atoms with E-state index in [-0.39, 0.29) is 6.61 Å². The number of rotatable bonds is 16. The minimum Gasteiger partial charge on any atom is -0.394 e. The molecule has 6 heterocycles. The normalized spacial score (nSPS) is 52.1. The van der Waals surface area contributed by atoms with Crippen LogP contribution in [0.25, 0.3) is 0 Å². The van der Waals surface area contributed by atoms with Crippen molar-refractivity contribution >= 4 is 5.91 Å². The molecule has 0 bridgehead atoms. The van der Waals surface area contributed by atoms with Gasteiger partial charge in [-0.05, 0) is 34.1 Å². The molecular formula is C42H73NO26. The van der Waals surface area contributed by atoms with Crippen LogP contribution in [-0.2, 0) is 61.6 Å². The molecule has 0 aromatic heterocycles. The lowest BCUT2D eigenvalue weighted by molar-refractivity contribution is -0.405. The van der Waals surface area contributed by atoms with Gasteiger partial charge in [-0.25, -0.2) is 0 Å². The molecule has 0 saturated carbocycles. The molecule has 6 rings (SSSR count). The summed E-state index contributed by atoms with van der Waals surface area (Å²) >= 11 is 0. The topological polar surface area (TPSA) is 403 Å². The average Bonchev–Trinajstić information content (AvgIpc) is 3.31. The van der Waals surface area contributed by atoms with Gasteiger partial charge in [0, 0.05) is 19.4 Å². The van der Waals surface area contributed by atoms with Crippen molar-refractivity contribution in [2.45, 2.75) is 233 Å².